The molecule has 0 aliphatic rings. The Labute approximate surface area is 99.9 Å². The number of hydrogen-bond donors (Lipinski definition) is 1. The Kier molecular flexibility index (Phi) is 3.49. The lowest BCUT2D eigenvalue weighted by Gasteiger charge is -2.05. The lowest BCUT2D eigenvalue weighted by Crippen LogP contribution is -2.00. The van der Waals surface area contributed by atoms with E-state index in [-0.39, 0.29) is 0 Å². The Hall–Kier alpha value is -2.17. The van der Waals surface area contributed by atoms with Crippen LogP contribution in [0.3, 0.4) is 0 Å². The standard InChI is InChI=1S/C12H14N4O/c1-3-15-12-8-14-7-11(16-12)9-4-10(17-2)6-13-5-9/h4-8H,3H2,1-2H3,(H,15,16). The van der Waals surface area contributed by atoms with Gasteiger partial charge in [-0.3, -0.25) is 9.97 Å². The molecule has 0 aliphatic heterocycles. The average molecular weight is 230 g/mol. The van der Waals surface area contributed by atoms with E-state index in [0.717, 1.165) is 23.6 Å². The molecule has 2 rings (SSSR count). The first-order valence-corrected chi connectivity index (χ1v) is 5.39. The summed E-state index contributed by atoms with van der Waals surface area (Å²) in [6, 6.07) is 1.88. The monoisotopic (exact) mass is 230 g/mol. The number of anilines is 1. The highest BCUT2D eigenvalue weighted by atomic mass is 16.5. The molecule has 88 valence electrons. The molecule has 0 saturated carbocycles. The van der Waals surface area contributed by atoms with E-state index in [9.17, 15) is 0 Å². The molecule has 0 spiro atoms. The van der Waals surface area contributed by atoms with Crippen molar-refractivity contribution < 1.29 is 4.74 Å². The molecular weight excluding hydrogens is 216 g/mol. The second kappa shape index (κ2) is 5.25. The molecule has 0 unspecified atom stereocenters. The van der Waals surface area contributed by atoms with E-state index < -0.39 is 0 Å². The van der Waals surface area contributed by atoms with Crippen LogP contribution in [0.5, 0.6) is 5.75 Å². The Morgan fingerprint density at radius 1 is 1.18 bits per heavy atom. The van der Waals surface area contributed by atoms with Gasteiger partial charge in [0, 0.05) is 18.3 Å². The Balaban J connectivity index is 2.34. The predicted molar refractivity (Wildman–Crippen MR) is 66.0 cm³/mol. The lowest BCUT2D eigenvalue weighted by molar-refractivity contribution is 0.413. The van der Waals surface area contributed by atoms with Crippen molar-refractivity contribution in [3.05, 3.63) is 30.9 Å². The van der Waals surface area contributed by atoms with E-state index in [1.165, 1.54) is 0 Å². The fraction of sp³-hybridized carbons (Fsp3) is 0.250. The van der Waals surface area contributed by atoms with Gasteiger partial charge >= 0.3 is 0 Å². The minimum atomic E-state index is 0.707. The molecule has 5 nitrogen and oxygen atoms in total. The van der Waals surface area contributed by atoms with Crippen molar-refractivity contribution in [3.8, 4) is 17.0 Å². The Bertz CT molecular complexity index is 501. The molecule has 2 aromatic rings. The van der Waals surface area contributed by atoms with Gasteiger partial charge in [0.25, 0.3) is 0 Å². The zero-order valence-corrected chi connectivity index (χ0v) is 9.84. The Morgan fingerprint density at radius 2 is 2.00 bits per heavy atom. The summed E-state index contributed by atoms with van der Waals surface area (Å²) in [4.78, 5) is 12.7. The summed E-state index contributed by atoms with van der Waals surface area (Å²) in [6.07, 6.45) is 6.80. The maximum atomic E-state index is 5.13. The quantitative estimate of drug-likeness (QED) is 0.870. The number of aromatic nitrogens is 3. The third-order valence-corrected chi connectivity index (χ3v) is 2.24. The van der Waals surface area contributed by atoms with Crippen LogP contribution in [0.1, 0.15) is 6.92 Å². The minimum absolute atomic E-state index is 0.707. The molecule has 5 heteroatoms. The van der Waals surface area contributed by atoms with Gasteiger partial charge < -0.3 is 10.1 Å². The normalized spacial score (nSPS) is 10.0. The van der Waals surface area contributed by atoms with Crippen LogP contribution < -0.4 is 10.1 Å². The van der Waals surface area contributed by atoms with Gasteiger partial charge in [0.15, 0.2) is 0 Å². The highest BCUT2D eigenvalue weighted by molar-refractivity contribution is 5.60. The van der Waals surface area contributed by atoms with E-state index in [1.54, 1.807) is 31.9 Å². The molecule has 0 aromatic carbocycles. The van der Waals surface area contributed by atoms with Gasteiger partial charge in [-0.2, -0.15) is 0 Å². The number of pyridine rings is 1. The van der Waals surface area contributed by atoms with E-state index in [2.05, 4.69) is 20.3 Å². The molecule has 0 atom stereocenters. The summed E-state index contributed by atoms with van der Waals surface area (Å²) in [7, 11) is 1.61. The number of hydrogen-bond acceptors (Lipinski definition) is 5. The summed E-state index contributed by atoms with van der Waals surface area (Å²) in [5, 5.41) is 3.12. The summed E-state index contributed by atoms with van der Waals surface area (Å²) in [5.74, 6) is 1.46. The molecular formula is C12H14N4O. The van der Waals surface area contributed by atoms with Gasteiger partial charge in [0.2, 0.25) is 0 Å². The minimum Gasteiger partial charge on any atom is -0.495 e. The van der Waals surface area contributed by atoms with Crippen LogP contribution in [0.2, 0.25) is 0 Å². The van der Waals surface area contributed by atoms with Crippen molar-refractivity contribution in [2.75, 3.05) is 19.0 Å². The van der Waals surface area contributed by atoms with Crippen molar-refractivity contribution >= 4 is 5.82 Å². The van der Waals surface area contributed by atoms with Crippen LogP contribution in [0.4, 0.5) is 5.82 Å². The molecule has 0 fully saturated rings. The summed E-state index contributed by atoms with van der Waals surface area (Å²) < 4.78 is 5.13. The van der Waals surface area contributed by atoms with Crippen molar-refractivity contribution in [2.24, 2.45) is 0 Å². The highest BCUT2D eigenvalue weighted by Crippen LogP contribution is 2.20. The molecule has 0 aliphatic carbocycles. The number of ether oxygens (including phenoxy) is 1. The Morgan fingerprint density at radius 3 is 2.76 bits per heavy atom. The van der Waals surface area contributed by atoms with Gasteiger partial charge in [-0.25, -0.2) is 4.98 Å². The smallest absolute Gasteiger partial charge is 0.145 e. The molecule has 0 saturated heterocycles. The molecule has 0 radical (unpaired) electrons. The lowest BCUT2D eigenvalue weighted by atomic mass is 10.2. The third kappa shape index (κ3) is 2.69. The van der Waals surface area contributed by atoms with E-state index in [1.807, 2.05) is 13.0 Å². The van der Waals surface area contributed by atoms with Gasteiger partial charge in [0.05, 0.1) is 31.4 Å². The fourth-order valence-corrected chi connectivity index (χ4v) is 1.44. The number of nitrogens with zero attached hydrogens (tertiary/aromatic N) is 3. The van der Waals surface area contributed by atoms with Gasteiger partial charge in [-0.1, -0.05) is 0 Å². The molecule has 0 bridgehead atoms. The largest absolute Gasteiger partial charge is 0.495 e. The van der Waals surface area contributed by atoms with Crippen LogP contribution in [0, 0.1) is 0 Å². The van der Waals surface area contributed by atoms with Crippen LogP contribution >= 0.6 is 0 Å². The van der Waals surface area contributed by atoms with Crippen LogP contribution in [-0.2, 0) is 0 Å². The van der Waals surface area contributed by atoms with E-state index in [4.69, 9.17) is 4.74 Å². The first-order chi connectivity index (χ1) is 8.33. The number of methoxy groups -OCH3 is 1. The number of rotatable bonds is 4. The molecule has 2 heterocycles. The zero-order valence-electron chi connectivity index (χ0n) is 9.84. The maximum Gasteiger partial charge on any atom is 0.145 e. The molecule has 2 aromatic heterocycles. The molecule has 17 heavy (non-hydrogen) atoms. The van der Waals surface area contributed by atoms with Gasteiger partial charge in [0.1, 0.15) is 11.6 Å². The van der Waals surface area contributed by atoms with Crippen molar-refractivity contribution in [1.29, 1.82) is 0 Å². The van der Waals surface area contributed by atoms with Crippen LogP contribution in [-0.4, -0.2) is 28.6 Å². The molecule has 1 N–H and O–H groups in total. The second-order valence-electron chi connectivity index (χ2n) is 3.43. The SMILES string of the molecule is CCNc1cncc(-c2cncc(OC)c2)n1. The summed E-state index contributed by atoms with van der Waals surface area (Å²) in [5.41, 5.74) is 1.66. The number of nitrogens with one attached hydrogen (secondary N) is 1. The van der Waals surface area contributed by atoms with Gasteiger partial charge in [-0.15, -0.1) is 0 Å². The van der Waals surface area contributed by atoms with E-state index in [0.29, 0.717) is 5.75 Å². The van der Waals surface area contributed by atoms with Crippen LogP contribution in [0.15, 0.2) is 30.9 Å². The first-order valence-electron chi connectivity index (χ1n) is 5.39. The van der Waals surface area contributed by atoms with E-state index >= 15 is 0 Å². The van der Waals surface area contributed by atoms with Gasteiger partial charge in [-0.05, 0) is 13.0 Å². The van der Waals surface area contributed by atoms with Crippen molar-refractivity contribution in [1.82, 2.24) is 15.0 Å². The zero-order chi connectivity index (χ0) is 12.1. The fourth-order valence-electron chi connectivity index (χ4n) is 1.44. The maximum absolute atomic E-state index is 5.13. The first kappa shape index (κ1) is 11.3. The van der Waals surface area contributed by atoms with Crippen molar-refractivity contribution in [3.63, 3.8) is 0 Å². The van der Waals surface area contributed by atoms with Crippen LogP contribution in [0.25, 0.3) is 11.3 Å². The average Bonchev–Trinajstić information content (AvgIpc) is 2.40. The summed E-state index contributed by atoms with van der Waals surface area (Å²) in [6.45, 7) is 2.83. The third-order valence-electron chi connectivity index (χ3n) is 2.24. The second-order valence-corrected chi connectivity index (χ2v) is 3.43. The highest BCUT2D eigenvalue weighted by Gasteiger charge is 2.03. The summed E-state index contributed by atoms with van der Waals surface area (Å²) >= 11 is 0. The predicted octanol–water partition coefficient (Wildman–Crippen LogP) is 1.98. The topological polar surface area (TPSA) is 59.9 Å². The molecule has 0 amide bonds. The van der Waals surface area contributed by atoms with Crippen molar-refractivity contribution in [2.45, 2.75) is 6.92 Å².